The molecule has 4 heteroatoms. The molecule has 0 unspecified atom stereocenters. The lowest BCUT2D eigenvalue weighted by Crippen LogP contribution is -2.19. The Morgan fingerprint density at radius 3 is 3.00 bits per heavy atom. The molecule has 0 radical (unpaired) electrons. The molecule has 1 aromatic carbocycles. The van der Waals surface area contributed by atoms with Gasteiger partial charge < -0.3 is 15.8 Å². The topological polar surface area (TPSA) is 64.3 Å². The van der Waals surface area contributed by atoms with Crippen molar-refractivity contribution in [3.05, 3.63) is 23.8 Å². The molecular formula is C9H10N2O2. The lowest BCUT2D eigenvalue weighted by atomic mass is 10.1. The van der Waals surface area contributed by atoms with Crippen LogP contribution in [-0.2, 0) is 4.79 Å². The van der Waals surface area contributed by atoms with Gasteiger partial charge >= 0.3 is 0 Å². The molecule has 1 aliphatic rings. The number of hydrogen-bond donors (Lipinski definition) is 2. The van der Waals surface area contributed by atoms with E-state index >= 15 is 0 Å². The largest absolute Gasteiger partial charge is 0.495 e. The van der Waals surface area contributed by atoms with Gasteiger partial charge in [0.25, 0.3) is 0 Å². The molecule has 68 valence electrons. The minimum absolute atomic E-state index is 0.181. The number of ether oxygens (including phenoxy) is 1. The van der Waals surface area contributed by atoms with Crippen molar-refractivity contribution in [2.45, 2.75) is 6.04 Å². The summed E-state index contributed by atoms with van der Waals surface area (Å²) in [6.07, 6.45) is 0. The molecule has 0 saturated carbocycles. The average Bonchev–Trinajstić information content (AvgIpc) is 2.43. The number of carbonyl (C=O) groups is 1. The number of benzene rings is 1. The fourth-order valence-electron chi connectivity index (χ4n) is 1.45. The van der Waals surface area contributed by atoms with Crippen LogP contribution >= 0.6 is 0 Å². The molecule has 0 bridgehead atoms. The van der Waals surface area contributed by atoms with E-state index in [1.807, 2.05) is 12.1 Å². The highest BCUT2D eigenvalue weighted by Gasteiger charge is 2.29. The number of amides is 1. The number of anilines is 1. The van der Waals surface area contributed by atoms with Crippen molar-refractivity contribution < 1.29 is 9.53 Å². The summed E-state index contributed by atoms with van der Waals surface area (Å²) in [5.74, 6) is 0.471. The Bertz CT molecular complexity index is 363. The van der Waals surface area contributed by atoms with Gasteiger partial charge in [0, 0.05) is 5.56 Å². The molecule has 13 heavy (non-hydrogen) atoms. The van der Waals surface area contributed by atoms with Gasteiger partial charge in [0.05, 0.1) is 12.8 Å². The Labute approximate surface area is 75.7 Å². The normalized spacial score (nSPS) is 19.5. The van der Waals surface area contributed by atoms with E-state index in [-0.39, 0.29) is 5.91 Å². The van der Waals surface area contributed by atoms with E-state index < -0.39 is 6.04 Å². The maximum Gasteiger partial charge on any atom is 0.246 e. The molecule has 1 aliphatic heterocycles. The molecule has 3 N–H and O–H groups in total. The molecule has 4 nitrogen and oxygen atoms in total. The van der Waals surface area contributed by atoms with Crippen molar-refractivity contribution in [2.75, 3.05) is 12.4 Å². The number of hydrogen-bond acceptors (Lipinski definition) is 3. The highest BCUT2D eigenvalue weighted by molar-refractivity contribution is 6.03. The molecule has 0 aliphatic carbocycles. The highest BCUT2D eigenvalue weighted by atomic mass is 16.5. The Hall–Kier alpha value is -1.55. The van der Waals surface area contributed by atoms with Crippen molar-refractivity contribution in [1.29, 1.82) is 0 Å². The molecule has 2 rings (SSSR count). The molecule has 1 amide bonds. The van der Waals surface area contributed by atoms with Gasteiger partial charge in [-0.3, -0.25) is 4.79 Å². The number of nitrogens with one attached hydrogen (secondary N) is 1. The number of carbonyl (C=O) groups excluding carboxylic acids is 1. The fourth-order valence-corrected chi connectivity index (χ4v) is 1.45. The van der Waals surface area contributed by atoms with Crippen LogP contribution in [0, 0.1) is 0 Å². The van der Waals surface area contributed by atoms with Crippen LogP contribution in [0.4, 0.5) is 5.69 Å². The summed E-state index contributed by atoms with van der Waals surface area (Å²) in [6, 6.07) is 4.86. The molecule has 1 aromatic rings. The van der Waals surface area contributed by atoms with Crippen LogP contribution in [-0.4, -0.2) is 13.0 Å². The van der Waals surface area contributed by atoms with E-state index in [0.717, 1.165) is 5.56 Å². The van der Waals surface area contributed by atoms with Gasteiger partial charge in [-0.1, -0.05) is 12.1 Å². The molecule has 0 spiro atoms. The first kappa shape index (κ1) is 8.07. The number of nitrogens with two attached hydrogens (primary N) is 1. The van der Waals surface area contributed by atoms with Crippen molar-refractivity contribution in [2.24, 2.45) is 5.73 Å². The Morgan fingerprint density at radius 2 is 2.31 bits per heavy atom. The number of para-hydroxylation sites is 1. The monoisotopic (exact) mass is 178 g/mol. The second-order valence-corrected chi connectivity index (χ2v) is 2.89. The SMILES string of the molecule is COc1cccc2c1NC(=O)[C@@H]2N. The van der Waals surface area contributed by atoms with Gasteiger partial charge in [-0.25, -0.2) is 0 Å². The summed E-state index contributed by atoms with van der Waals surface area (Å²) in [5, 5.41) is 2.68. The highest BCUT2D eigenvalue weighted by Crippen LogP contribution is 2.36. The van der Waals surface area contributed by atoms with Gasteiger partial charge in [-0.05, 0) is 6.07 Å². The van der Waals surface area contributed by atoms with Crippen LogP contribution < -0.4 is 15.8 Å². The second kappa shape index (κ2) is 2.74. The minimum atomic E-state index is -0.565. The third kappa shape index (κ3) is 1.07. The lowest BCUT2D eigenvalue weighted by molar-refractivity contribution is -0.116. The molecule has 0 fully saturated rings. The molecule has 1 heterocycles. The van der Waals surface area contributed by atoms with Crippen molar-refractivity contribution in [3.63, 3.8) is 0 Å². The van der Waals surface area contributed by atoms with Crippen molar-refractivity contribution in [3.8, 4) is 5.75 Å². The Kier molecular flexibility index (Phi) is 1.70. The first-order valence-electron chi connectivity index (χ1n) is 3.97. The van der Waals surface area contributed by atoms with Gasteiger partial charge in [-0.15, -0.1) is 0 Å². The fraction of sp³-hybridized carbons (Fsp3) is 0.222. The maximum atomic E-state index is 11.2. The summed E-state index contributed by atoms with van der Waals surface area (Å²) in [5.41, 5.74) is 7.14. The first-order chi connectivity index (χ1) is 6.24. The number of methoxy groups -OCH3 is 1. The third-order valence-electron chi connectivity index (χ3n) is 2.14. The van der Waals surface area contributed by atoms with Crippen LogP contribution in [0.25, 0.3) is 0 Å². The van der Waals surface area contributed by atoms with E-state index in [0.29, 0.717) is 11.4 Å². The van der Waals surface area contributed by atoms with Crippen molar-refractivity contribution in [1.82, 2.24) is 0 Å². The molecule has 0 aromatic heterocycles. The van der Waals surface area contributed by atoms with Crippen LogP contribution in [0.2, 0.25) is 0 Å². The molecule has 1 atom stereocenters. The standard InChI is InChI=1S/C9H10N2O2/c1-13-6-4-2-3-5-7(10)9(12)11-8(5)6/h2-4,7H,10H2,1H3,(H,11,12)/t7-/m1/s1. The minimum Gasteiger partial charge on any atom is -0.495 e. The van der Waals surface area contributed by atoms with E-state index in [1.54, 1.807) is 13.2 Å². The van der Waals surface area contributed by atoms with Crippen LogP contribution in [0.3, 0.4) is 0 Å². The lowest BCUT2D eigenvalue weighted by Gasteiger charge is -2.05. The van der Waals surface area contributed by atoms with E-state index in [9.17, 15) is 4.79 Å². The van der Waals surface area contributed by atoms with E-state index in [4.69, 9.17) is 10.5 Å². The quantitative estimate of drug-likeness (QED) is 0.663. The van der Waals surface area contributed by atoms with Crippen LogP contribution in [0.5, 0.6) is 5.75 Å². The van der Waals surface area contributed by atoms with Gasteiger partial charge in [0.1, 0.15) is 11.8 Å². The van der Waals surface area contributed by atoms with Crippen LogP contribution in [0.15, 0.2) is 18.2 Å². The smallest absolute Gasteiger partial charge is 0.246 e. The van der Waals surface area contributed by atoms with Gasteiger partial charge in [0.2, 0.25) is 5.91 Å². The number of rotatable bonds is 1. The predicted octanol–water partition coefficient (Wildman–Crippen LogP) is 0.647. The predicted molar refractivity (Wildman–Crippen MR) is 48.6 cm³/mol. The maximum absolute atomic E-state index is 11.2. The Morgan fingerprint density at radius 1 is 1.54 bits per heavy atom. The van der Waals surface area contributed by atoms with Gasteiger partial charge in [-0.2, -0.15) is 0 Å². The summed E-state index contributed by atoms with van der Waals surface area (Å²) < 4.78 is 5.08. The van der Waals surface area contributed by atoms with Gasteiger partial charge in [0.15, 0.2) is 0 Å². The summed E-state index contributed by atoms with van der Waals surface area (Å²) in [6.45, 7) is 0. The van der Waals surface area contributed by atoms with Crippen molar-refractivity contribution >= 4 is 11.6 Å². The van der Waals surface area contributed by atoms with Crippen LogP contribution in [0.1, 0.15) is 11.6 Å². The average molecular weight is 178 g/mol. The third-order valence-corrected chi connectivity index (χ3v) is 2.14. The zero-order chi connectivity index (χ0) is 9.42. The molecular weight excluding hydrogens is 168 g/mol. The summed E-state index contributed by atoms with van der Waals surface area (Å²) >= 11 is 0. The first-order valence-corrected chi connectivity index (χ1v) is 3.97. The molecule has 0 saturated heterocycles. The summed E-state index contributed by atoms with van der Waals surface area (Å²) in [7, 11) is 1.56. The summed E-state index contributed by atoms with van der Waals surface area (Å²) in [4.78, 5) is 11.2. The Balaban J connectivity index is 2.55. The number of fused-ring (bicyclic) bond motifs is 1. The second-order valence-electron chi connectivity index (χ2n) is 2.89. The zero-order valence-corrected chi connectivity index (χ0v) is 7.20. The zero-order valence-electron chi connectivity index (χ0n) is 7.20. The van der Waals surface area contributed by atoms with E-state index in [1.165, 1.54) is 0 Å². The van der Waals surface area contributed by atoms with E-state index in [2.05, 4.69) is 5.32 Å².